The Balaban J connectivity index is 1.57. The molecule has 3 heterocycles. The molecule has 37 heavy (non-hydrogen) atoms. The fourth-order valence-electron chi connectivity index (χ4n) is 5.11. The molecular formula is C29H31N3O4S. The molecule has 3 aromatic rings. The van der Waals surface area contributed by atoms with Gasteiger partial charge in [0.25, 0.3) is 11.7 Å². The summed E-state index contributed by atoms with van der Waals surface area (Å²) < 4.78 is 5.41. The quantitative estimate of drug-likeness (QED) is 0.299. The number of hydrogen-bond donors (Lipinski definition) is 1. The second-order valence-electron chi connectivity index (χ2n) is 9.63. The number of benzene rings is 2. The number of hydrogen-bond acceptors (Lipinski definition) is 7. The number of likely N-dealkylation sites (N-methyl/N-ethyl adjacent to an activating group) is 1. The standard InChI is InChI=1S/C29H31N3O4S/c1-18-17-23(36-4)19(2)16-22(18)27(33)25-26(24-6-5-15-37-24)32(29(35)28(25)34)21-9-7-20(8-10-21)31-13-11-30(3)12-14-31/h5-10,15-17,26,33H,11-14H2,1-4H3/b27-25-. The minimum Gasteiger partial charge on any atom is -0.507 e. The number of thiophene rings is 1. The van der Waals surface area contributed by atoms with E-state index >= 15 is 0 Å². The zero-order valence-electron chi connectivity index (χ0n) is 21.5. The Hall–Kier alpha value is -3.62. The molecule has 5 rings (SSSR count). The molecular weight excluding hydrogens is 486 g/mol. The molecule has 2 saturated heterocycles. The Kier molecular flexibility index (Phi) is 6.79. The van der Waals surface area contributed by atoms with Crippen LogP contribution in [0.4, 0.5) is 11.4 Å². The van der Waals surface area contributed by atoms with Crippen LogP contribution >= 0.6 is 11.3 Å². The van der Waals surface area contributed by atoms with E-state index < -0.39 is 17.7 Å². The van der Waals surface area contributed by atoms with E-state index in [2.05, 4.69) is 16.8 Å². The van der Waals surface area contributed by atoms with Crippen molar-refractivity contribution in [2.75, 3.05) is 50.1 Å². The van der Waals surface area contributed by atoms with Gasteiger partial charge in [-0.3, -0.25) is 14.5 Å². The number of aliphatic hydroxyl groups is 1. The minimum atomic E-state index is -0.712. The predicted octanol–water partition coefficient (Wildman–Crippen LogP) is 4.75. The lowest BCUT2D eigenvalue weighted by Crippen LogP contribution is -2.44. The molecule has 0 radical (unpaired) electrons. The number of rotatable bonds is 5. The predicted molar refractivity (Wildman–Crippen MR) is 148 cm³/mol. The van der Waals surface area contributed by atoms with Gasteiger partial charge in [-0.1, -0.05) is 6.07 Å². The first kappa shape index (κ1) is 25.0. The van der Waals surface area contributed by atoms with Crippen molar-refractivity contribution in [3.8, 4) is 5.75 Å². The maximum absolute atomic E-state index is 13.4. The molecule has 2 aliphatic rings. The van der Waals surface area contributed by atoms with Crippen LogP contribution in [0.15, 0.2) is 59.5 Å². The highest BCUT2D eigenvalue weighted by Crippen LogP contribution is 2.44. The third-order valence-corrected chi connectivity index (χ3v) is 8.18. The molecule has 0 aliphatic carbocycles. The first-order valence-electron chi connectivity index (χ1n) is 12.3. The summed E-state index contributed by atoms with van der Waals surface area (Å²) in [5, 5.41) is 13.4. The molecule has 2 aliphatic heterocycles. The number of anilines is 2. The molecule has 2 aromatic carbocycles. The van der Waals surface area contributed by atoms with E-state index in [0.717, 1.165) is 47.9 Å². The number of amides is 1. The van der Waals surface area contributed by atoms with Crippen molar-refractivity contribution in [2.24, 2.45) is 0 Å². The van der Waals surface area contributed by atoms with Crippen LogP contribution in [-0.4, -0.2) is 62.0 Å². The Morgan fingerprint density at radius 2 is 1.65 bits per heavy atom. The van der Waals surface area contributed by atoms with Crippen molar-refractivity contribution in [1.82, 2.24) is 4.90 Å². The van der Waals surface area contributed by atoms with Crippen LogP contribution in [0.25, 0.3) is 5.76 Å². The summed E-state index contributed by atoms with van der Waals surface area (Å²) in [6.07, 6.45) is 0. The lowest BCUT2D eigenvalue weighted by atomic mass is 9.95. The topological polar surface area (TPSA) is 73.3 Å². The van der Waals surface area contributed by atoms with E-state index in [9.17, 15) is 14.7 Å². The van der Waals surface area contributed by atoms with Crippen LogP contribution in [-0.2, 0) is 9.59 Å². The summed E-state index contributed by atoms with van der Waals surface area (Å²) in [4.78, 5) is 33.8. The number of ketones is 1. The molecule has 1 aromatic heterocycles. The SMILES string of the molecule is COc1cc(C)c(/C(O)=C2/C(=O)C(=O)N(c3ccc(N4CCN(C)CC4)cc3)C2c2cccs2)cc1C. The zero-order valence-corrected chi connectivity index (χ0v) is 22.3. The molecule has 8 heteroatoms. The van der Waals surface area contributed by atoms with Gasteiger partial charge in [0.2, 0.25) is 0 Å². The lowest BCUT2D eigenvalue weighted by molar-refractivity contribution is -0.132. The number of nitrogens with zero attached hydrogens (tertiary/aromatic N) is 3. The highest BCUT2D eigenvalue weighted by atomic mass is 32.1. The normalized spacial score (nSPS) is 20.1. The number of ether oxygens (including phenoxy) is 1. The minimum absolute atomic E-state index is 0.100. The molecule has 7 nitrogen and oxygen atoms in total. The van der Waals surface area contributed by atoms with Gasteiger partial charge in [-0.2, -0.15) is 0 Å². The smallest absolute Gasteiger partial charge is 0.300 e. The van der Waals surface area contributed by atoms with Crippen molar-refractivity contribution in [1.29, 1.82) is 0 Å². The van der Waals surface area contributed by atoms with Gasteiger partial charge in [-0.05, 0) is 79.9 Å². The first-order chi connectivity index (χ1) is 17.8. The fourth-order valence-corrected chi connectivity index (χ4v) is 5.94. The van der Waals surface area contributed by atoms with Crippen molar-refractivity contribution < 1.29 is 19.4 Å². The number of carbonyl (C=O) groups excluding carboxylic acids is 2. The second-order valence-corrected chi connectivity index (χ2v) is 10.6. The Bertz CT molecular complexity index is 1360. The van der Waals surface area contributed by atoms with Crippen LogP contribution in [0.3, 0.4) is 0 Å². The number of carbonyl (C=O) groups is 2. The number of aliphatic hydroxyl groups excluding tert-OH is 1. The number of Topliss-reactive ketones (excluding diaryl/α,β-unsaturated/α-hetero) is 1. The summed E-state index contributed by atoms with van der Waals surface area (Å²) in [5.74, 6) is -0.802. The Morgan fingerprint density at radius 1 is 0.973 bits per heavy atom. The summed E-state index contributed by atoms with van der Waals surface area (Å²) in [6.45, 7) is 7.61. The zero-order chi connectivity index (χ0) is 26.3. The van der Waals surface area contributed by atoms with Crippen molar-refractivity contribution in [3.05, 3.63) is 81.1 Å². The van der Waals surface area contributed by atoms with Gasteiger partial charge in [0.15, 0.2) is 0 Å². The fraction of sp³-hybridized carbons (Fsp3) is 0.310. The molecule has 0 spiro atoms. The summed E-state index contributed by atoms with van der Waals surface area (Å²) in [7, 11) is 3.72. The van der Waals surface area contributed by atoms with Crippen LogP contribution < -0.4 is 14.5 Å². The maximum Gasteiger partial charge on any atom is 0.300 e. The highest BCUT2D eigenvalue weighted by molar-refractivity contribution is 7.10. The van der Waals surface area contributed by atoms with Gasteiger partial charge < -0.3 is 19.6 Å². The van der Waals surface area contributed by atoms with Crippen LogP contribution in [0, 0.1) is 13.8 Å². The summed E-state index contributed by atoms with van der Waals surface area (Å²) in [5.41, 5.74) is 3.92. The molecule has 1 unspecified atom stereocenters. The van der Waals surface area contributed by atoms with E-state index in [1.54, 1.807) is 13.2 Å². The Morgan fingerprint density at radius 3 is 2.27 bits per heavy atom. The van der Waals surface area contributed by atoms with E-state index in [1.807, 2.05) is 61.7 Å². The van der Waals surface area contributed by atoms with Crippen LogP contribution in [0.1, 0.15) is 27.6 Å². The third-order valence-electron chi connectivity index (χ3n) is 7.25. The number of aryl methyl sites for hydroxylation is 2. The lowest BCUT2D eigenvalue weighted by Gasteiger charge is -2.34. The van der Waals surface area contributed by atoms with Gasteiger partial charge in [0.1, 0.15) is 17.6 Å². The highest BCUT2D eigenvalue weighted by Gasteiger charge is 2.47. The molecule has 1 N–H and O–H groups in total. The number of piperazine rings is 1. The van der Waals surface area contributed by atoms with E-state index in [-0.39, 0.29) is 11.3 Å². The average molecular weight is 518 g/mol. The van der Waals surface area contributed by atoms with Gasteiger partial charge in [0.05, 0.1) is 12.7 Å². The molecule has 2 fully saturated rings. The van der Waals surface area contributed by atoms with Gasteiger partial charge >= 0.3 is 0 Å². The molecule has 192 valence electrons. The van der Waals surface area contributed by atoms with E-state index in [0.29, 0.717) is 17.0 Å². The van der Waals surface area contributed by atoms with Crippen molar-refractivity contribution >= 4 is 40.2 Å². The maximum atomic E-state index is 13.4. The van der Waals surface area contributed by atoms with Crippen molar-refractivity contribution in [3.63, 3.8) is 0 Å². The van der Waals surface area contributed by atoms with Gasteiger partial charge in [-0.15, -0.1) is 11.3 Å². The molecule has 0 saturated carbocycles. The van der Waals surface area contributed by atoms with E-state index in [4.69, 9.17) is 4.74 Å². The van der Waals surface area contributed by atoms with Crippen LogP contribution in [0.5, 0.6) is 5.75 Å². The summed E-state index contributed by atoms with van der Waals surface area (Å²) >= 11 is 1.45. The largest absolute Gasteiger partial charge is 0.507 e. The monoisotopic (exact) mass is 517 g/mol. The first-order valence-corrected chi connectivity index (χ1v) is 13.2. The molecule has 1 atom stereocenters. The average Bonchev–Trinajstić information content (AvgIpc) is 3.52. The van der Waals surface area contributed by atoms with Crippen molar-refractivity contribution in [2.45, 2.75) is 19.9 Å². The van der Waals surface area contributed by atoms with Gasteiger partial charge in [0, 0.05) is 48.0 Å². The molecule has 0 bridgehead atoms. The molecule has 1 amide bonds. The van der Waals surface area contributed by atoms with Crippen LogP contribution in [0.2, 0.25) is 0 Å². The number of methoxy groups -OCH3 is 1. The Labute approximate surface area is 221 Å². The summed E-state index contributed by atoms with van der Waals surface area (Å²) in [6, 6.07) is 14.5. The van der Waals surface area contributed by atoms with E-state index in [1.165, 1.54) is 16.2 Å². The third kappa shape index (κ3) is 4.51. The second kappa shape index (κ2) is 10.0. The van der Waals surface area contributed by atoms with Gasteiger partial charge in [-0.25, -0.2) is 0 Å².